The Bertz CT molecular complexity index is 198. The molecule has 3 nitrogen and oxygen atoms in total. The molecule has 0 aromatic carbocycles. The molecule has 1 heterocycles. The molecule has 1 rings (SSSR count). The third-order valence-electron chi connectivity index (χ3n) is 4.06. The molecule has 96 valence electrons. The van der Waals surface area contributed by atoms with E-state index in [4.69, 9.17) is 4.74 Å². The van der Waals surface area contributed by atoms with Crippen molar-refractivity contribution in [3.8, 4) is 0 Å². The van der Waals surface area contributed by atoms with Crippen molar-refractivity contribution in [3.63, 3.8) is 0 Å². The topological polar surface area (TPSA) is 24.5 Å². The summed E-state index contributed by atoms with van der Waals surface area (Å²) in [5.41, 5.74) is 0. The zero-order valence-corrected chi connectivity index (χ0v) is 11.5. The van der Waals surface area contributed by atoms with Gasteiger partial charge >= 0.3 is 0 Å². The molecule has 1 fully saturated rings. The first-order chi connectivity index (χ1) is 7.60. The Kier molecular flexibility index (Phi) is 5.73. The number of nitrogens with one attached hydrogen (secondary N) is 1. The van der Waals surface area contributed by atoms with Gasteiger partial charge in [-0.2, -0.15) is 0 Å². The van der Waals surface area contributed by atoms with Crippen molar-refractivity contribution in [2.24, 2.45) is 5.92 Å². The highest BCUT2D eigenvalue weighted by molar-refractivity contribution is 4.88. The maximum atomic E-state index is 5.35. The third kappa shape index (κ3) is 3.44. The van der Waals surface area contributed by atoms with Crippen LogP contribution in [0, 0.1) is 5.92 Å². The Balaban J connectivity index is 2.47. The zero-order valence-electron chi connectivity index (χ0n) is 11.5. The number of hydrogen-bond acceptors (Lipinski definition) is 3. The predicted octanol–water partition coefficient (Wildman–Crippen LogP) is 1.73. The van der Waals surface area contributed by atoms with E-state index in [-0.39, 0.29) is 0 Å². The highest BCUT2D eigenvalue weighted by atomic mass is 16.5. The summed E-state index contributed by atoms with van der Waals surface area (Å²) in [5.74, 6) is 0.720. The lowest BCUT2D eigenvalue weighted by Gasteiger charge is -2.43. The molecule has 0 spiro atoms. The minimum Gasteiger partial charge on any atom is -0.380 e. The molecule has 0 aromatic heterocycles. The van der Waals surface area contributed by atoms with Crippen LogP contribution < -0.4 is 5.32 Å². The molecule has 0 aromatic rings. The zero-order chi connectivity index (χ0) is 12.1. The van der Waals surface area contributed by atoms with E-state index in [9.17, 15) is 0 Å². The number of nitrogens with zero attached hydrogens (tertiary/aromatic N) is 1. The van der Waals surface area contributed by atoms with Gasteiger partial charge in [0.15, 0.2) is 0 Å². The minimum atomic E-state index is 0.338. The first kappa shape index (κ1) is 13.9. The van der Waals surface area contributed by atoms with Gasteiger partial charge in [0.25, 0.3) is 0 Å². The van der Waals surface area contributed by atoms with Gasteiger partial charge in [-0.3, -0.25) is 4.90 Å². The summed E-state index contributed by atoms with van der Waals surface area (Å²) >= 11 is 0. The number of piperidine rings is 1. The molecule has 4 atom stereocenters. The molecular weight excluding hydrogens is 200 g/mol. The van der Waals surface area contributed by atoms with Gasteiger partial charge in [0.2, 0.25) is 0 Å². The van der Waals surface area contributed by atoms with E-state index >= 15 is 0 Å². The lowest BCUT2D eigenvalue weighted by atomic mass is 9.87. The maximum absolute atomic E-state index is 5.35. The quantitative estimate of drug-likeness (QED) is 0.775. The van der Waals surface area contributed by atoms with E-state index in [1.807, 2.05) is 0 Å². The van der Waals surface area contributed by atoms with Crippen LogP contribution >= 0.6 is 0 Å². The molecule has 1 aliphatic rings. The number of methoxy groups -OCH3 is 1. The van der Waals surface area contributed by atoms with Gasteiger partial charge in [-0.25, -0.2) is 0 Å². The van der Waals surface area contributed by atoms with E-state index in [1.165, 1.54) is 13.0 Å². The lowest BCUT2D eigenvalue weighted by Crippen LogP contribution is -2.54. The second-order valence-corrected chi connectivity index (χ2v) is 5.09. The van der Waals surface area contributed by atoms with Crippen LogP contribution in [-0.4, -0.2) is 49.8 Å². The molecule has 0 aliphatic carbocycles. The van der Waals surface area contributed by atoms with Crippen molar-refractivity contribution in [3.05, 3.63) is 0 Å². The predicted molar refractivity (Wildman–Crippen MR) is 68.8 cm³/mol. The van der Waals surface area contributed by atoms with E-state index in [2.05, 4.69) is 37.9 Å². The molecule has 1 aliphatic heterocycles. The molecule has 0 saturated carbocycles. The van der Waals surface area contributed by atoms with E-state index in [0.29, 0.717) is 18.2 Å². The first-order valence-corrected chi connectivity index (χ1v) is 6.60. The molecule has 16 heavy (non-hydrogen) atoms. The van der Waals surface area contributed by atoms with E-state index < -0.39 is 0 Å². The van der Waals surface area contributed by atoms with Crippen LogP contribution in [0.3, 0.4) is 0 Å². The SMILES string of the molecule is CCNC1CCN(CC(C)OC)C(C)C1C. The fourth-order valence-corrected chi connectivity index (χ4v) is 2.65. The Morgan fingerprint density at radius 2 is 2.12 bits per heavy atom. The smallest absolute Gasteiger partial charge is 0.0670 e. The maximum Gasteiger partial charge on any atom is 0.0670 e. The van der Waals surface area contributed by atoms with E-state index in [0.717, 1.165) is 19.0 Å². The molecule has 1 N–H and O–H groups in total. The molecule has 1 saturated heterocycles. The van der Waals surface area contributed by atoms with Crippen molar-refractivity contribution >= 4 is 0 Å². The summed E-state index contributed by atoms with van der Waals surface area (Å²) < 4.78 is 5.35. The highest BCUT2D eigenvalue weighted by Crippen LogP contribution is 2.23. The van der Waals surface area contributed by atoms with Gasteiger partial charge in [0.05, 0.1) is 6.10 Å². The van der Waals surface area contributed by atoms with Gasteiger partial charge < -0.3 is 10.1 Å². The van der Waals surface area contributed by atoms with Crippen molar-refractivity contribution in [2.75, 3.05) is 26.7 Å². The first-order valence-electron chi connectivity index (χ1n) is 6.60. The summed E-state index contributed by atoms with van der Waals surface area (Å²) in [6, 6.07) is 1.34. The van der Waals surface area contributed by atoms with Crippen molar-refractivity contribution in [2.45, 2.75) is 52.3 Å². The third-order valence-corrected chi connectivity index (χ3v) is 4.06. The van der Waals surface area contributed by atoms with Crippen LogP contribution in [0.4, 0.5) is 0 Å². The summed E-state index contributed by atoms with van der Waals surface area (Å²) in [5, 5.41) is 3.59. The van der Waals surface area contributed by atoms with Gasteiger partial charge in [0, 0.05) is 32.3 Å². The Labute approximate surface area is 101 Å². The van der Waals surface area contributed by atoms with Gasteiger partial charge in [-0.15, -0.1) is 0 Å². The molecule has 0 radical (unpaired) electrons. The van der Waals surface area contributed by atoms with Gasteiger partial charge in [0.1, 0.15) is 0 Å². The van der Waals surface area contributed by atoms with Crippen LogP contribution in [-0.2, 0) is 4.74 Å². The number of ether oxygens (including phenoxy) is 1. The van der Waals surface area contributed by atoms with Crippen molar-refractivity contribution < 1.29 is 4.74 Å². The van der Waals surface area contributed by atoms with Crippen LogP contribution in [0.2, 0.25) is 0 Å². The van der Waals surface area contributed by atoms with Crippen molar-refractivity contribution in [1.29, 1.82) is 0 Å². The largest absolute Gasteiger partial charge is 0.380 e. The normalized spacial score (nSPS) is 33.9. The van der Waals surface area contributed by atoms with Crippen LogP contribution in [0.25, 0.3) is 0 Å². The molecule has 4 unspecified atom stereocenters. The monoisotopic (exact) mass is 228 g/mol. The number of rotatable bonds is 5. The fraction of sp³-hybridized carbons (Fsp3) is 1.00. The van der Waals surface area contributed by atoms with Gasteiger partial charge in [-0.05, 0) is 32.7 Å². The lowest BCUT2D eigenvalue weighted by molar-refractivity contribution is 0.0242. The Morgan fingerprint density at radius 3 is 2.69 bits per heavy atom. The van der Waals surface area contributed by atoms with Gasteiger partial charge in [-0.1, -0.05) is 13.8 Å². The molecular formula is C13H28N2O. The molecule has 0 amide bonds. The highest BCUT2D eigenvalue weighted by Gasteiger charge is 2.32. The average molecular weight is 228 g/mol. The van der Waals surface area contributed by atoms with E-state index in [1.54, 1.807) is 7.11 Å². The Hall–Kier alpha value is -0.120. The van der Waals surface area contributed by atoms with Crippen molar-refractivity contribution in [1.82, 2.24) is 10.2 Å². The number of hydrogen-bond donors (Lipinski definition) is 1. The summed E-state index contributed by atoms with van der Waals surface area (Å²) in [6.07, 6.45) is 1.60. The molecule has 0 bridgehead atoms. The summed E-state index contributed by atoms with van der Waals surface area (Å²) in [4.78, 5) is 2.56. The summed E-state index contributed by atoms with van der Waals surface area (Å²) in [6.45, 7) is 12.4. The average Bonchev–Trinajstić information content (AvgIpc) is 2.28. The van der Waals surface area contributed by atoms with Crippen LogP contribution in [0.5, 0.6) is 0 Å². The number of likely N-dealkylation sites (tertiary alicyclic amines) is 1. The van der Waals surface area contributed by atoms with Crippen LogP contribution in [0.15, 0.2) is 0 Å². The summed E-state index contributed by atoms with van der Waals surface area (Å²) in [7, 11) is 1.80. The Morgan fingerprint density at radius 1 is 1.44 bits per heavy atom. The fourth-order valence-electron chi connectivity index (χ4n) is 2.65. The van der Waals surface area contributed by atoms with Crippen LogP contribution in [0.1, 0.15) is 34.1 Å². The molecule has 3 heteroatoms. The minimum absolute atomic E-state index is 0.338. The second-order valence-electron chi connectivity index (χ2n) is 5.09. The standard InChI is InChI=1S/C13H28N2O/c1-6-14-13-7-8-15(9-10(2)16-5)12(4)11(13)3/h10-14H,6-9H2,1-5H3. The second kappa shape index (κ2) is 6.58.